The number of thiazole rings is 1. The van der Waals surface area contributed by atoms with Crippen molar-refractivity contribution in [2.75, 3.05) is 12.8 Å². The molecule has 0 bridgehead atoms. The van der Waals surface area contributed by atoms with Crippen LogP contribution in [0.25, 0.3) is 10.2 Å². The number of carboxylic acid groups (broad SMARTS) is 1. The van der Waals surface area contributed by atoms with E-state index in [2.05, 4.69) is 10.3 Å². The lowest BCUT2D eigenvalue weighted by Gasteiger charge is -2.10. The van der Waals surface area contributed by atoms with Gasteiger partial charge in [-0.05, 0) is 31.2 Å². The Hall–Kier alpha value is -1.66. The molecule has 0 radical (unpaired) electrons. The first-order valence-corrected chi connectivity index (χ1v) is 5.97. The molecule has 17 heavy (non-hydrogen) atoms. The van der Waals surface area contributed by atoms with Crippen molar-refractivity contribution in [1.29, 1.82) is 0 Å². The Morgan fingerprint density at radius 2 is 2.41 bits per heavy atom. The third kappa shape index (κ3) is 2.54. The molecule has 0 spiro atoms. The molecule has 6 heteroatoms. The predicted molar refractivity (Wildman–Crippen MR) is 68.2 cm³/mol. The number of hydrogen-bond acceptors (Lipinski definition) is 5. The molecule has 0 saturated heterocycles. The lowest BCUT2D eigenvalue weighted by molar-refractivity contribution is -0.139. The first-order valence-electron chi connectivity index (χ1n) is 5.15. The van der Waals surface area contributed by atoms with Crippen LogP contribution in [0.2, 0.25) is 0 Å². The van der Waals surface area contributed by atoms with Crippen LogP contribution in [0.1, 0.15) is 5.56 Å². The highest BCUT2D eigenvalue weighted by Gasteiger charge is 2.15. The Bertz CT molecular complexity index is 553. The van der Waals surface area contributed by atoms with E-state index < -0.39 is 12.0 Å². The maximum atomic E-state index is 10.9. The number of aliphatic carboxylic acids is 1. The number of nitrogens with one attached hydrogen (secondary N) is 1. The molecule has 0 aliphatic heterocycles. The van der Waals surface area contributed by atoms with Crippen LogP contribution in [0.3, 0.4) is 0 Å². The monoisotopic (exact) mass is 251 g/mol. The fourth-order valence-electron chi connectivity index (χ4n) is 1.66. The van der Waals surface area contributed by atoms with E-state index in [1.807, 2.05) is 18.2 Å². The number of anilines is 1. The Balaban J connectivity index is 2.26. The molecule has 1 atom stereocenters. The van der Waals surface area contributed by atoms with Crippen molar-refractivity contribution in [3.63, 3.8) is 0 Å². The fraction of sp³-hybridized carbons (Fsp3) is 0.273. The summed E-state index contributed by atoms with van der Waals surface area (Å²) >= 11 is 1.41. The van der Waals surface area contributed by atoms with E-state index >= 15 is 0 Å². The van der Waals surface area contributed by atoms with Crippen molar-refractivity contribution in [2.45, 2.75) is 12.5 Å². The van der Waals surface area contributed by atoms with E-state index in [1.165, 1.54) is 11.3 Å². The van der Waals surface area contributed by atoms with E-state index in [-0.39, 0.29) is 0 Å². The van der Waals surface area contributed by atoms with Crippen molar-refractivity contribution < 1.29 is 9.90 Å². The number of aromatic nitrogens is 1. The average molecular weight is 251 g/mol. The van der Waals surface area contributed by atoms with Crippen LogP contribution >= 0.6 is 11.3 Å². The van der Waals surface area contributed by atoms with Crippen LogP contribution in [0, 0.1) is 0 Å². The SMILES string of the molecule is CNC(Cc1ccc2nc(N)sc2c1)C(=O)O. The Labute approximate surface area is 102 Å². The molecule has 4 N–H and O–H groups in total. The number of nitrogen functional groups attached to an aromatic ring is 1. The van der Waals surface area contributed by atoms with E-state index in [0.29, 0.717) is 11.6 Å². The van der Waals surface area contributed by atoms with E-state index in [9.17, 15) is 4.79 Å². The van der Waals surface area contributed by atoms with Gasteiger partial charge in [0, 0.05) is 0 Å². The van der Waals surface area contributed by atoms with Gasteiger partial charge in [0.05, 0.1) is 10.2 Å². The zero-order valence-electron chi connectivity index (χ0n) is 9.30. The smallest absolute Gasteiger partial charge is 0.321 e. The molecule has 1 unspecified atom stereocenters. The lowest BCUT2D eigenvalue weighted by atomic mass is 10.1. The molecule has 5 nitrogen and oxygen atoms in total. The molecule has 2 aromatic rings. The third-order valence-electron chi connectivity index (χ3n) is 2.56. The molecule has 0 fully saturated rings. The molecule has 1 heterocycles. The summed E-state index contributed by atoms with van der Waals surface area (Å²) in [6, 6.07) is 5.12. The van der Waals surface area contributed by atoms with Gasteiger partial charge in [0.2, 0.25) is 0 Å². The summed E-state index contributed by atoms with van der Waals surface area (Å²) in [4.78, 5) is 15.1. The largest absolute Gasteiger partial charge is 0.480 e. The summed E-state index contributed by atoms with van der Waals surface area (Å²) in [7, 11) is 1.64. The maximum absolute atomic E-state index is 10.9. The topological polar surface area (TPSA) is 88.2 Å². The number of likely N-dealkylation sites (N-methyl/N-ethyl adjacent to an activating group) is 1. The summed E-state index contributed by atoms with van der Waals surface area (Å²) in [5.74, 6) is -0.851. The highest BCUT2D eigenvalue weighted by atomic mass is 32.1. The predicted octanol–water partition coefficient (Wildman–Crippen LogP) is 1.09. The van der Waals surface area contributed by atoms with Gasteiger partial charge in [-0.1, -0.05) is 17.4 Å². The molecule has 90 valence electrons. The number of carboxylic acids is 1. The van der Waals surface area contributed by atoms with Crippen LogP contribution in [0.15, 0.2) is 18.2 Å². The number of nitrogens with two attached hydrogens (primary N) is 1. The van der Waals surface area contributed by atoms with Gasteiger partial charge in [-0.15, -0.1) is 0 Å². The minimum atomic E-state index is -0.851. The summed E-state index contributed by atoms with van der Waals surface area (Å²) in [6.07, 6.45) is 0.444. The molecule has 0 aliphatic rings. The van der Waals surface area contributed by atoms with Crippen LogP contribution < -0.4 is 11.1 Å². The van der Waals surface area contributed by atoms with Crippen molar-refractivity contribution in [3.05, 3.63) is 23.8 Å². The summed E-state index contributed by atoms with van der Waals surface area (Å²) in [5.41, 5.74) is 7.43. The molecular weight excluding hydrogens is 238 g/mol. The van der Waals surface area contributed by atoms with E-state index in [1.54, 1.807) is 7.05 Å². The minimum absolute atomic E-state index is 0.444. The summed E-state index contributed by atoms with van der Waals surface area (Å²) < 4.78 is 0.986. The zero-order valence-corrected chi connectivity index (χ0v) is 10.1. The highest BCUT2D eigenvalue weighted by Crippen LogP contribution is 2.24. The van der Waals surface area contributed by atoms with Crippen LogP contribution in [-0.2, 0) is 11.2 Å². The van der Waals surface area contributed by atoms with Gasteiger partial charge in [0.25, 0.3) is 0 Å². The van der Waals surface area contributed by atoms with Gasteiger partial charge < -0.3 is 16.2 Å². The van der Waals surface area contributed by atoms with E-state index in [4.69, 9.17) is 10.8 Å². The second kappa shape index (κ2) is 4.68. The van der Waals surface area contributed by atoms with Crippen LogP contribution in [0.5, 0.6) is 0 Å². The Kier molecular flexibility index (Phi) is 3.26. The second-order valence-electron chi connectivity index (χ2n) is 3.74. The Morgan fingerprint density at radius 3 is 3.06 bits per heavy atom. The standard InChI is InChI=1S/C11H13N3O2S/c1-13-8(10(15)16)4-6-2-3-7-9(5-6)17-11(12)14-7/h2-3,5,8,13H,4H2,1H3,(H2,12,14)(H,15,16). The van der Waals surface area contributed by atoms with Crippen LogP contribution in [-0.4, -0.2) is 29.1 Å². The minimum Gasteiger partial charge on any atom is -0.480 e. The third-order valence-corrected chi connectivity index (χ3v) is 3.40. The maximum Gasteiger partial charge on any atom is 0.321 e. The quantitative estimate of drug-likeness (QED) is 0.757. The highest BCUT2D eigenvalue weighted by molar-refractivity contribution is 7.22. The first kappa shape index (κ1) is 11.8. The molecule has 0 aliphatic carbocycles. The number of benzene rings is 1. The van der Waals surface area contributed by atoms with Crippen molar-refractivity contribution >= 4 is 32.7 Å². The second-order valence-corrected chi connectivity index (χ2v) is 4.80. The average Bonchev–Trinajstić information content (AvgIpc) is 2.64. The van der Waals surface area contributed by atoms with E-state index in [0.717, 1.165) is 15.8 Å². The van der Waals surface area contributed by atoms with Gasteiger partial charge in [-0.25, -0.2) is 4.98 Å². The van der Waals surface area contributed by atoms with Crippen molar-refractivity contribution in [3.8, 4) is 0 Å². The van der Waals surface area contributed by atoms with Gasteiger partial charge in [-0.3, -0.25) is 4.79 Å². The first-order chi connectivity index (χ1) is 8.10. The number of hydrogen-bond donors (Lipinski definition) is 3. The summed E-state index contributed by atoms with van der Waals surface area (Å²) in [6.45, 7) is 0. The van der Waals surface area contributed by atoms with Crippen molar-refractivity contribution in [1.82, 2.24) is 10.3 Å². The Morgan fingerprint density at radius 1 is 1.65 bits per heavy atom. The van der Waals surface area contributed by atoms with Gasteiger partial charge in [0.1, 0.15) is 6.04 Å². The lowest BCUT2D eigenvalue weighted by Crippen LogP contribution is -2.35. The molecule has 0 saturated carbocycles. The van der Waals surface area contributed by atoms with Gasteiger partial charge in [-0.2, -0.15) is 0 Å². The number of nitrogens with zero attached hydrogens (tertiary/aromatic N) is 1. The molecule has 2 rings (SSSR count). The number of carbonyl (C=O) groups is 1. The van der Waals surface area contributed by atoms with Crippen LogP contribution in [0.4, 0.5) is 5.13 Å². The summed E-state index contributed by atoms with van der Waals surface area (Å²) in [5, 5.41) is 12.3. The fourth-order valence-corrected chi connectivity index (χ4v) is 2.46. The number of rotatable bonds is 4. The number of fused-ring (bicyclic) bond motifs is 1. The van der Waals surface area contributed by atoms with Gasteiger partial charge in [0.15, 0.2) is 5.13 Å². The molecular formula is C11H13N3O2S. The molecule has 0 amide bonds. The van der Waals surface area contributed by atoms with Gasteiger partial charge >= 0.3 is 5.97 Å². The van der Waals surface area contributed by atoms with Crippen molar-refractivity contribution in [2.24, 2.45) is 0 Å². The molecule has 1 aromatic heterocycles. The zero-order chi connectivity index (χ0) is 12.4. The molecule has 1 aromatic carbocycles. The normalized spacial score (nSPS) is 12.8.